The van der Waals surface area contributed by atoms with Gasteiger partial charge in [-0.05, 0) is 25.6 Å². The van der Waals surface area contributed by atoms with Crippen molar-refractivity contribution < 1.29 is 9.90 Å². The number of nitrogens with zero attached hydrogens (tertiary/aromatic N) is 3. The average molecular weight is 333 g/mol. The summed E-state index contributed by atoms with van der Waals surface area (Å²) in [5.41, 5.74) is 2.89. The van der Waals surface area contributed by atoms with Crippen LogP contribution in [0.5, 0.6) is 0 Å². The molecule has 0 fully saturated rings. The molecule has 1 aromatic heterocycles. The quantitative estimate of drug-likeness (QED) is 0.846. The van der Waals surface area contributed by atoms with Crippen molar-refractivity contribution in [3.05, 3.63) is 40.9 Å². The van der Waals surface area contributed by atoms with E-state index in [1.165, 1.54) is 11.3 Å². The molecule has 0 radical (unpaired) electrons. The van der Waals surface area contributed by atoms with Gasteiger partial charge in [-0.1, -0.05) is 24.6 Å². The number of thiazole rings is 1. The van der Waals surface area contributed by atoms with Crippen LogP contribution in [0.25, 0.3) is 0 Å². The summed E-state index contributed by atoms with van der Waals surface area (Å²) >= 11 is 1.46. The Balaban J connectivity index is 2.21. The molecule has 0 atom stereocenters. The number of aromatic nitrogens is 1. The molecular weight excluding hydrogens is 310 g/mol. The molecule has 0 bridgehead atoms. The highest BCUT2D eigenvalue weighted by Crippen LogP contribution is 2.29. The van der Waals surface area contributed by atoms with Crippen molar-refractivity contribution in [3.8, 4) is 0 Å². The van der Waals surface area contributed by atoms with Gasteiger partial charge in [0.05, 0.1) is 18.0 Å². The fraction of sp³-hybridized carbons (Fsp3) is 0.412. The second-order valence-corrected chi connectivity index (χ2v) is 6.24. The summed E-state index contributed by atoms with van der Waals surface area (Å²) in [4.78, 5) is 20.4. The smallest absolute Gasteiger partial charge is 0.230 e. The van der Waals surface area contributed by atoms with Gasteiger partial charge < -0.3 is 5.11 Å². The number of aliphatic hydroxyl groups is 1. The largest absolute Gasteiger partial charge is 0.395 e. The minimum Gasteiger partial charge on any atom is -0.395 e. The number of benzene rings is 1. The first kappa shape index (κ1) is 17.6. The highest BCUT2D eigenvalue weighted by molar-refractivity contribution is 7.14. The average Bonchev–Trinajstić information content (AvgIpc) is 2.96. The first-order valence-electron chi connectivity index (χ1n) is 7.70. The van der Waals surface area contributed by atoms with Crippen LogP contribution in [0.4, 0.5) is 10.8 Å². The van der Waals surface area contributed by atoms with Crippen molar-refractivity contribution in [1.29, 1.82) is 0 Å². The second kappa shape index (κ2) is 8.19. The van der Waals surface area contributed by atoms with E-state index < -0.39 is 0 Å². The number of hydrogen-bond donors (Lipinski definition) is 1. The Hall–Kier alpha value is -1.76. The standard InChI is InChI=1S/C17H23N3O2S/c1-4-19(9-10-21)11-15-12-23-17(18-15)20(14(3)22)16-7-5-13(2)6-8-16/h5-8,12,21H,4,9-11H2,1-3H3. The third kappa shape index (κ3) is 4.60. The Bertz CT molecular complexity index is 640. The Kier molecular flexibility index (Phi) is 6.27. The van der Waals surface area contributed by atoms with Crippen LogP contribution in [-0.2, 0) is 11.3 Å². The number of aliphatic hydroxyl groups excluding tert-OH is 1. The molecule has 5 nitrogen and oxygen atoms in total. The first-order chi connectivity index (χ1) is 11.0. The molecule has 0 aliphatic rings. The van der Waals surface area contributed by atoms with E-state index in [-0.39, 0.29) is 12.5 Å². The van der Waals surface area contributed by atoms with Gasteiger partial charge in [-0.3, -0.25) is 14.6 Å². The Labute approximate surface area is 141 Å². The zero-order valence-electron chi connectivity index (χ0n) is 13.8. The number of carbonyl (C=O) groups excluding carboxylic acids is 1. The van der Waals surface area contributed by atoms with Gasteiger partial charge in [0.15, 0.2) is 5.13 Å². The predicted octanol–water partition coefficient (Wildman–Crippen LogP) is 2.95. The maximum absolute atomic E-state index is 12.1. The molecule has 2 aromatic rings. The fourth-order valence-electron chi connectivity index (χ4n) is 2.31. The highest BCUT2D eigenvalue weighted by atomic mass is 32.1. The van der Waals surface area contributed by atoms with Gasteiger partial charge in [0.2, 0.25) is 5.91 Å². The third-order valence-corrected chi connectivity index (χ3v) is 4.46. The molecule has 0 saturated heterocycles. The molecule has 1 aromatic carbocycles. The van der Waals surface area contributed by atoms with Crippen molar-refractivity contribution in [2.75, 3.05) is 24.6 Å². The molecule has 1 N–H and O–H groups in total. The summed E-state index contributed by atoms with van der Waals surface area (Å²) < 4.78 is 0. The molecule has 124 valence electrons. The zero-order chi connectivity index (χ0) is 16.8. The lowest BCUT2D eigenvalue weighted by molar-refractivity contribution is -0.115. The van der Waals surface area contributed by atoms with E-state index in [0.29, 0.717) is 18.2 Å². The van der Waals surface area contributed by atoms with Crippen molar-refractivity contribution in [3.63, 3.8) is 0 Å². The van der Waals surface area contributed by atoms with Gasteiger partial charge in [0.1, 0.15) is 0 Å². The monoisotopic (exact) mass is 333 g/mol. The molecule has 0 aliphatic carbocycles. The third-order valence-electron chi connectivity index (χ3n) is 3.59. The molecule has 1 heterocycles. The number of carbonyl (C=O) groups is 1. The van der Waals surface area contributed by atoms with Crippen LogP contribution in [0.1, 0.15) is 25.1 Å². The maximum atomic E-state index is 12.1. The molecule has 2 rings (SSSR count). The molecule has 1 amide bonds. The van der Waals surface area contributed by atoms with E-state index in [1.807, 2.05) is 36.6 Å². The molecule has 0 saturated carbocycles. The van der Waals surface area contributed by atoms with E-state index in [4.69, 9.17) is 5.11 Å². The lowest BCUT2D eigenvalue weighted by Gasteiger charge is -2.19. The Morgan fingerprint density at radius 1 is 1.30 bits per heavy atom. The maximum Gasteiger partial charge on any atom is 0.230 e. The van der Waals surface area contributed by atoms with Crippen LogP contribution in [0.15, 0.2) is 29.6 Å². The Morgan fingerprint density at radius 2 is 2.00 bits per heavy atom. The Morgan fingerprint density at radius 3 is 2.57 bits per heavy atom. The van der Waals surface area contributed by atoms with Gasteiger partial charge in [-0.25, -0.2) is 4.98 Å². The highest BCUT2D eigenvalue weighted by Gasteiger charge is 2.18. The first-order valence-corrected chi connectivity index (χ1v) is 8.58. The zero-order valence-corrected chi connectivity index (χ0v) is 14.6. The van der Waals surface area contributed by atoms with Crippen LogP contribution < -0.4 is 4.90 Å². The van der Waals surface area contributed by atoms with Crippen LogP contribution in [0.2, 0.25) is 0 Å². The summed E-state index contributed by atoms with van der Waals surface area (Å²) in [5, 5.41) is 11.7. The predicted molar refractivity (Wildman–Crippen MR) is 94.1 cm³/mol. The SMILES string of the molecule is CCN(CCO)Cc1csc(N(C(C)=O)c2ccc(C)cc2)n1. The number of aryl methyl sites for hydroxylation is 1. The fourth-order valence-corrected chi connectivity index (χ4v) is 3.19. The normalized spacial score (nSPS) is 11.0. The van der Waals surface area contributed by atoms with Gasteiger partial charge in [-0.15, -0.1) is 11.3 Å². The van der Waals surface area contributed by atoms with Gasteiger partial charge >= 0.3 is 0 Å². The summed E-state index contributed by atoms with van der Waals surface area (Å²) in [6.45, 7) is 7.90. The topological polar surface area (TPSA) is 56.7 Å². The number of anilines is 2. The van der Waals surface area contributed by atoms with Crippen LogP contribution in [0, 0.1) is 6.92 Å². The summed E-state index contributed by atoms with van der Waals surface area (Å²) in [6.07, 6.45) is 0. The summed E-state index contributed by atoms with van der Waals surface area (Å²) in [7, 11) is 0. The molecule has 6 heteroatoms. The number of rotatable bonds is 7. The van der Waals surface area contributed by atoms with Gasteiger partial charge in [-0.2, -0.15) is 0 Å². The van der Waals surface area contributed by atoms with Gasteiger partial charge in [0, 0.05) is 25.4 Å². The minimum absolute atomic E-state index is 0.0579. The van der Waals surface area contributed by atoms with E-state index in [0.717, 1.165) is 23.5 Å². The van der Waals surface area contributed by atoms with Crippen LogP contribution >= 0.6 is 11.3 Å². The number of hydrogen-bond acceptors (Lipinski definition) is 5. The van der Waals surface area contributed by atoms with Crippen LogP contribution in [0.3, 0.4) is 0 Å². The van der Waals surface area contributed by atoms with Crippen molar-refractivity contribution in [1.82, 2.24) is 9.88 Å². The molecule has 0 unspecified atom stereocenters. The summed E-state index contributed by atoms with van der Waals surface area (Å²) in [6, 6.07) is 7.84. The van der Waals surface area contributed by atoms with Crippen molar-refractivity contribution in [2.45, 2.75) is 27.3 Å². The van der Waals surface area contributed by atoms with E-state index in [9.17, 15) is 4.79 Å². The summed E-state index contributed by atoms with van der Waals surface area (Å²) in [5.74, 6) is -0.0579. The van der Waals surface area contributed by atoms with Crippen molar-refractivity contribution >= 4 is 28.1 Å². The lowest BCUT2D eigenvalue weighted by atomic mass is 10.2. The van der Waals surface area contributed by atoms with E-state index in [1.54, 1.807) is 11.8 Å². The van der Waals surface area contributed by atoms with E-state index in [2.05, 4.69) is 16.8 Å². The lowest BCUT2D eigenvalue weighted by Crippen LogP contribution is -2.26. The molecule has 23 heavy (non-hydrogen) atoms. The van der Waals surface area contributed by atoms with Crippen molar-refractivity contribution in [2.24, 2.45) is 0 Å². The van der Waals surface area contributed by atoms with Gasteiger partial charge in [0.25, 0.3) is 0 Å². The number of likely N-dealkylation sites (N-methyl/N-ethyl adjacent to an activating group) is 1. The number of amides is 1. The van der Waals surface area contributed by atoms with Crippen LogP contribution in [-0.4, -0.2) is 40.6 Å². The molecule has 0 aliphatic heterocycles. The second-order valence-electron chi connectivity index (χ2n) is 5.40. The van der Waals surface area contributed by atoms with E-state index >= 15 is 0 Å². The molecular formula is C17H23N3O2S. The minimum atomic E-state index is -0.0579. The molecule has 0 spiro atoms.